The van der Waals surface area contributed by atoms with Gasteiger partial charge in [0.05, 0.1) is 0 Å². The molecule has 0 aliphatic carbocycles. The number of anilines is 1. The van der Waals surface area contributed by atoms with E-state index in [1.165, 1.54) is 0 Å². The Labute approximate surface area is 72.2 Å². The lowest BCUT2D eigenvalue weighted by atomic mass is 9.94. The molecule has 0 unspecified atom stereocenters. The van der Waals surface area contributed by atoms with Crippen molar-refractivity contribution in [2.45, 2.75) is 12.5 Å². The molecule has 3 heteroatoms. The highest BCUT2D eigenvalue weighted by atomic mass is 15.3. The average Bonchev–Trinajstić information content (AvgIpc) is 2.02. The van der Waals surface area contributed by atoms with Crippen molar-refractivity contribution in [3.05, 3.63) is 24.4 Å². The number of hydrogen-bond donors (Lipinski definition) is 1. The van der Waals surface area contributed by atoms with Crippen molar-refractivity contribution in [1.82, 2.24) is 4.98 Å². The van der Waals surface area contributed by atoms with E-state index >= 15 is 0 Å². The van der Waals surface area contributed by atoms with Crippen LogP contribution in [0.2, 0.25) is 0 Å². The molecule has 1 aromatic rings. The standard InChI is InChI=1S/C9H12N3/c1-9(10)6-12(7-9)8-4-2-3-5-11-8/h2,4-5H,6-7,10H2,1H3. The van der Waals surface area contributed by atoms with Crippen LogP contribution in [0.25, 0.3) is 0 Å². The van der Waals surface area contributed by atoms with Crippen LogP contribution < -0.4 is 10.6 Å². The van der Waals surface area contributed by atoms with E-state index in [-0.39, 0.29) is 5.54 Å². The molecule has 0 spiro atoms. The third kappa shape index (κ3) is 1.28. The Morgan fingerprint density at radius 3 is 2.92 bits per heavy atom. The van der Waals surface area contributed by atoms with Gasteiger partial charge in [-0.3, -0.25) is 0 Å². The van der Waals surface area contributed by atoms with E-state index in [0.29, 0.717) is 0 Å². The lowest BCUT2D eigenvalue weighted by molar-refractivity contribution is 0.363. The van der Waals surface area contributed by atoms with Gasteiger partial charge in [-0.2, -0.15) is 0 Å². The summed E-state index contributed by atoms with van der Waals surface area (Å²) in [4.78, 5) is 6.34. The van der Waals surface area contributed by atoms with Gasteiger partial charge in [0.15, 0.2) is 0 Å². The van der Waals surface area contributed by atoms with E-state index in [9.17, 15) is 0 Å². The highest BCUT2D eigenvalue weighted by Crippen LogP contribution is 2.22. The molecule has 2 rings (SSSR count). The molecule has 1 fully saturated rings. The van der Waals surface area contributed by atoms with Gasteiger partial charge in [-0.1, -0.05) is 0 Å². The van der Waals surface area contributed by atoms with Crippen molar-refractivity contribution in [3.63, 3.8) is 0 Å². The number of nitrogens with zero attached hydrogens (tertiary/aromatic N) is 2. The number of aromatic nitrogens is 1. The Bertz CT molecular complexity index is 260. The Morgan fingerprint density at radius 2 is 2.42 bits per heavy atom. The maximum Gasteiger partial charge on any atom is 0.128 e. The molecule has 0 amide bonds. The van der Waals surface area contributed by atoms with Gasteiger partial charge in [0.2, 0.25) is 0 Å². The van der Waals surface area contributed by atoms with Crippen LogP contribution in [0.3, 0.4) is 0 Å². The third-order valence-electron chi connectivity index (χ3n) is 2.03. The molecule has 1 saturated heterocycles. The molecule has 2 N–H and O–H groups in total. The molecule has 1 aliphatic heterocycles. The van der Waals surface area contributed by atoms with Crippen molar-refractivity contribution < 1.29 is 0 Å². The van der Waals surface area contributed by atoms with E-state index in [1.54, 1.807) is 6.20 Å². The summed E-state index contributed by atoms with van der Waals surface area (Å²) < 4.78 is 0. The molecule has 1 aliphatic rings. The van der Waals surface area contributed by atoms with Crippen LogP contribution >= 0.6 is 0 Å². The summed E-state index contributed by atoms with van der Waals surface area (Å²) >= 11 is 0. The van der Waals surface area contributed by atoms with E-state index in [2.05, 4.69) is 22.9 Å². The number of nitrogens with two attached hydrogens (primary N) is 1. The summed E-state index contributed by atoms with van der Waals surface area (Å²) in [5, 5.41) is 0. The zero-order valence-corrected chi connectivity index (χ0v) is 7.12. The van der Waals surface area contributed by atoms with Crippen LogP contribution in [0.4, 0.5) is 5.82 Å². The van der Waals surface area contributed by atoms with E-state index in [4.69, 9.17) is 5.73 Å². The zero-order valence-electron chi connectivity index (χ0n) is 7.12. The summed E-state index contributed by atoms with van der Waals surface area (Å²) in [6, 6.07) is 6.71. The van der Waals surface area contributed by atoms with Crippen LogP contribution in [0.5, 0.6) is 0 Å². The topological polar surface area (TPSA) is 42.1 Å². The average molecular weight is 162 g/mol. The predicted octanol–water partition coefficient (Wildman–Crippen LogP) is 0.419. The Balaban J connectivity index is 2.06. The van der Waals surface area contributed by atoms with Gasteiger partial charge in [-0.25, -0.2) is 4.98 Å². The maximum atomic E-state index is 5.87. The molecule has 3 nitrogen and oxygen atoms in total. The summed E-state index contributed by atoms with van der Waals surface area (Å²) in [6.45, 7) is 3.84. The first-order valence-corrected chi connectivity index (χ1v) is 4.03. The molecule has 1 aromatic heterocycles. The summed E-state index contributed by atoms with van der Waals surface area (Å²) in [5.41, 5.74) is 5.85. The first-order chi connectivity index (χ1) is 5.67. The SMILES string of the molecule is CC1(N)CN(c2cc[c]cn2)C1. The lowest BCUT2D eigenvalue weighted by Crippen LogP contribution is -2.65. The van der Waals surface area contributed by atoms with Crippen LogP contribution in [0.15, 0.2) is 18.3 Å². The van der Waals surface area contributed by atoms with Crippen LogP contribution in [-0.2, 0) is 0 Å². The Morgan fingerprint density at radius 1 is 1.67 bits per heavy atom. The first kappa shape index (κ1) is 7.55. The zero-order chi connectivity index (χ0) is 8.60. The van der Waals surface area contributed by atoms with E-state index < -0.39 is 0 Å². The predicted molar refractivity (Wildman–Crippen MR) is 47.9 cm³/mol. The molecule has 0 aromatic carbocycles. The van der Waals surface area contributed by atoms with Crippen molar-refractivity contribution in [1.29, 1.82) is 0 Å². The van der Waals surface area contributed by atoms with Gasteiger partial charge < -0.3 is 10.6 Å². The number of hydrogen-bond acceptors (Lipinski definition) is 3. The molecule has 2 heterocycles. The van der Waals surface area contributed by atoms with Crippen LogP contribution in [0.1, 0.15) is 6.92 Å². The molecule has 63 valence electrons. The fourth-order valence-electron chi connectivity index (χ4n) is 1.49. The quantitative estimate of drug-likeness (QED) is 0.650. The number of rotatable bonds is 1. The minimum absolute atomic E-state index is 0.0266. The van der Waals surface area contributed by atoms with Crippen molar-refractivity contribution in [2.75, 3.05) is 18.0 Å². The molecule has 12 heavy (non-hydrogen) atoms. The third-order valence-corrected chi connectivity index (χ3v) is 2.03. The lowest BCUT2D eigenvalue weighted by Gasteiger charge is -2.46. The Kier molecular flexibility index (Phi) is 1.54. The number of pyridine rings is 1. The summed E-state index contributed by atoms with van der Waals surface area (Å²) in [6.07, 6.45) is 1.68. The van der Waals surface area contributed by atoms with Crippen molar-refractivity contribution in [3.8, 4) is 0 Å². The van der Waals surface area contributed by atoms with Gasteiger partial charge >= 0.3 is 0 Å². The molecular weight excluding hydrogens is 150 g/mol. The monoisotopic (exact) mass is 162 g/mol. The normalized spacial score (nSPS) is 20.3. The molecule has 0 bridgehead atoms. The molecule has 1 radical (unpaired) electrons. The molecule has 0 atom stereocenters. The Hall–Kier alpha value is -1.09. The van der Waals surface area contributed by atoms with Crippen molar-refractivity contribution >= 4 is 5.82 Å². The fraction of sp³-hybridized carbons (Fsp3) is 0.444. The molecule has 0 saturated carbocycles. The fourth-order valence-corrected chi connectivity index (χ4v) is 1.49. The van der Waals surface area contributed by atoms with Gasteiger partial charge in [0, 0.05) is 30.9 Å². The van der Waals surface area contributed by atoms with Crippen LogP contribution in [-0.4, -0.2) is 23.6 Å². The highest BCUT2D eigenvalue weighted by Gasteiger charge is 2.35. The highest BCUT2D eigenvalue weighted by molar-refractivity contribution is 5.43. The van der Waals surface area contributed by atoms with Gasteiger partial charge in [0.1, 0.15) is 5.82 Å². The first-order valence-electron chi connectivity index (χ1n) is 4.03. The van der Waals surface area contributed by atoms with E-state index in [1.807, 2.05) is 12.1 Å². The minimum Gasteiger partial charge on any atom is -0.353 e. The van der Waals surface area contributed by atoms with Crippen molar-refractivity contribution in [2.24, 2.45) is 5.73 Å². The summed E-state index contributed by atoms with van der Waals surface area (Å²) in [5.74, 6) is 0.997. The summed E-state index contributed by atoms with van der Waals surface area (Å²) in [7, 11) is 0. The van der Waals surface area contributed by atoms with E-state index in [0.717, 1.165) is 18.9 Å². The maximum absolute atomic E-state index is 5.87. The van der Waals surface area contributed by atoms with Gasteiger partial charge in [0.25, 0.3) is 0 Å². The second-order valence-electron chi connectivity index (χ2n) is 3.63. The van der Waals surface area contributed by atoms with Gasteiger partial charge in [-0.05, 0) is 19.1 Å². The second-order valence-corrected chi connectivity index (χ2v) is 3.63. The molecular formula is C9H12N3. The largest absolute Gasteiger partial charge is 0.353 e. The van der Waals surface area contributed by atoms with Crippen LogP contribution in [0, 0.1) is 6.07 Å². The second kappa shape index (κ2) is 2.45. The van der Waals surface area contributed by atoms with Gasteiger partial charge in [-0.15, -0.1) is 0 Å². The smallest absolute Gasteiger partial charge is 0.128 e. The minimum atomic E-state index is -0.0266.